The lowest BCUT2D eigenvalue weighted by Gasteiger charge is -2.26. The van der Waals surface area contributed by atoms with Crippen LogP contribution in [-0.4, -0.2) is 56.2 Å². The predicted octanol–water partition coefficient (Wildman–Crippen LogP) is 2.30. The Kier molecular flexibility index (Phi) is 8.39. The molecular weight excluding hydrogens is 348 g/mol. The van der Waals surface area contributed by atoms with Crippen molar-refractivity contribution in [2.24, 2.45) is 0 Å². The number of benzene rings is 1. The van der Waals surface area contributed by atoms with E-state index in [0.717, 1.165) is 5.56 Å². The Morgan fingerprint density at radius 3 is 2.44 bits per heavy atom. The summed E-state index contributed by atoms with van der Waals surface area (Å²) in [6.07, 6.45) is 0.391. The zero-order valence-electron chi connectivity index (χ0n) is 16.5. The van der Waals surface area contributed by atoms with Gasteiger partial charge in [-0.05, 0) is 38.5 Å². The molecule has 1 aliphatic heterocycles. The summed E-state index contributed by atoms with van der Waals surface area (Å²) < 4.78 is 16.4. The van der Waals surface area contributed by atoms with Crippen LogP contribution < -0.4 is 14.8 Å². The number of amides is 2. The number of nitrogens with zero attached hydrogens (tertiary/aromatic N) is 1. The second-order valence-electron chi connectivity index (χ2n) is 6.35. The van der Waals surface area contributed by atoms with Gasteiger partial charge in [0.15, 0.2) is 11.5 Å². The standard InChI is InChI=1S/C20H30N2O5/c1-4-26-17-7-6-16(14-18(17)27-5-2)15(3)21-19(23)8-9-20(24)22-10-12-25-13-11-22/h6-7,14-15H,4-5,8-13H2,1-3H3,(H,21,23)/t15-/m0/s1. The minimum Gasteiger partial charge on any atom is -0.490 e. The minimum atomic E-state index is -0.189. The first kappa shape index (κ1) is 21.0. The number of carbonyl (C=O) groups is 2. The molecule has 0 unspecified atom stereocenters. The van der Waals surface area contributed by atoms with Gasteiger partial charge in [-0.2, -0.15) is 0 Å². The van der Waals surface area contributed by atoms with Gasteiger partial charge in [0.05, 0.1) is 32.5 Å². The molecule has 27 heavy (non-hydrogen) atoms. The Balaban J connectivity index is 1.87. The van der Waals surface area contributed by atoms with Crippen LogP contribution in [-0.2, 0) is 14.3 Å². The molecule has 150 valence electrons. The molecule has 1 N–H and O–H groups in total. The molecule has 1 heterocycles. The van der Waals surface area contributed by atoms with E-state index in [0.29, 0.717) is 51.0 Å². The van der Waals surface area contributed by atoms with Crippen LogP contribution >= 0.6 is 0 Å². The van der Waals surface area contributed by atoms with E-state index in [9.17, 15) is 9.59 Å². The number of morpholine rings is 1. The molecule has 0 spiro atoms. The van der Waals surface area contributed by atoms with Crippen molar-refractivity contribution in [3.63, 3.8) is 0 Å². The molecule has 1 saturated heterocycles. The summed E-state index contributed by atoms with van der Waals surface area (Å²) in [6.45, 7) is 9.17. The molecule has 0 aliphatic carbocycles. The lowest BCUT2D eigenvalue weighted by Crippen LogP contribution is -2.41. The quantitative estimate of drug-likeness (QED) is 0.713. The average Bonchev–Trinajstić information content (AvgIpc) is 2.68. The minimum absolute atomic E-state index is 0.000743. The lowest BCUT2D eigenvalue weighted by atomic mass is 10.1. The van der Waals surface area contributed by atoms with Crippen molar-refractivity contribution in [1.29, 1.82) is 0 Å². The number of ether oxygens (including phenoxy) is 3. The molecule has 1 aromatic carbocycles. The molecule has 0 bridgehead atoms. The molecule has 0 saturated carbocycles. The normalized spacial score (nSPS) is 15.1. The Bertz CT molecular complexity index is 629. The molecule has 2 rings (SSSR count). The molecule has 1 fully saturated rings. The van der Waals surface area contributed by atoms with Crippen LogP contribution in [0.25, 0.3) is 0 Å². The van der Waals surface area contributed by atoms with Gasteiger partial charge in [-0.15, -0.1) is 0 Å². The average molecular weight is 378 g/mol. The van der Waals surface area contributed by atoms with E-state index in [1.807, 2.05) is 39.0 Å². The Morgan fingerprint density at radius 1 is 1.11 bits per heavy atom. The third-order valence-electron chi connectivity index (χ3n) is 4.37. The first-order valence-corrected chi connectivity index (χ1v) is 9.59. The summed E-state index contributed by atoms with van der Waals surface area (Å²) >= 11 is 0. The van der Waals surface area contributed by atoms with E-state index in [1.54, 1.807) is 4.90 Å². The molecule has 2 amide bonds. The number of hydrogen-bond donors (Lipinski definition) is 1. The summed E-state index contributed by atoms with van der Waals surface area (Å²) in [5, 5.41) is 2.94. The fourth-order valence-corrected chi connectivity index (χ4v) is 2.93. The number of carbonyl (C=O) groups excluding carboxylic acids is 2. The second kappa shape index (κ2) is 10.8. The van der Waals surface area contributed by atoms with E-state index in [1.165, 1.54) is 0 Å². The summed E-state index contributed by atoms with van der Waals surface area (Å²) in [7, 11) is 0. The van der Waals surface area contributed by atoms with Crippen LogP contribution in [0.4, 0.5) is 0 Å². The first-order chi connectivity index (χ1) is 13.0. The van der Waals surface area contributed by atoms with Crippen molar-refractivity contribution < 1.29 is 23.8 Å². The van der Waals surface area contributed by atoms with Gasteiger partial charge in [-0.3, -0.25) is 9.59 Å². The number of nitrogens with one attached hydrogen (secondary N) is 1. The van der Waals surface area contributed by atoms with Crippen molar-refractivity contribution in [3.8, 4) is 11.5 Å². The largest absolute Gasteiger partial charge is 0.490 e. The van der Waals surface area contributed by atoms with Crippen molar-refractivity contribution in [2.45, 2.75) is 39.7 Å². The Labute approximate surface area is 161 Å². The van der Waals surface area contributed by atoms with Gasteiger partial charge in [-0.1, -0.05) is 6.07 Å². The third kappa shape index (κ3) is 6.43. The fourth-order valence-electron chi connectivity index (χ4n) is 2.93. The maximum Gasteiger partial charge on any atom is 0.223 e. The van der Waals surface area contributed by atoms with E-state index >= 15 is 0 Å². The highest BCUT2D eigenvalue weighted by molar-refractivity contribution is 5.84. The zero-order valence-corrected chi connectivity index (χ0v) is 16.5. The van der Waals surface area contributed by atoms with Gasteiger partial charge in [0, 0.05) is 25.9 Å². The molecular formula is C20H30N2O5. The monoisotopic (exact) mass is 378 g/mol. The summed E-state index contributed by atoms with van der Waals surface area (Å²) in [6, 6.07) is 5.47. The molecule has 1 atom stereocenters. The second-order valence-corrected chi connectivity index (χ2v) is 6.35. The van der Waals surface area contributed by atoms with Gasteiger partial charge >= 0.3 is 0 Å². The van der Waals surface area contributed by atoms with Crippen LogP contribution in [0, 0.1) is 0 Å². The van der Waals surface area contributed by atoms with E-state index in [-0.39, 0.29) is 30.7 Å². The first-order valence-electron chi connectivity index (χ1n) is 9.59. The molecule has 0 radical (unpaired) electrons. The van der Waals surface area contributed by atoms with Crippen molar-refractivity contribution >= 4 is 11.8 Å². The zero-order chi connectivity index (χ0) is 19.6. The molecule has 7 heteroatoms. The summed E-state index contributed by atoms with van der Waals surface area (Å²) in [4.78, 5) is 26.1. The number of rotatable bonds is 9. The maximum absolute atomic E-state index is 12.2. The smallest absolute Gasteiger partial charge is 0.223 e. The SMILES string of the molecule is CCOc1ccc([C@H](C)NC(=O)CCC(=O)N2CCOCC2)cc1OCC. The summed E-state index contributed by atoms with van der Waals surface area (Å²) in [5.41, 5.74) is 0.926. The van der Waals surface area contributed by atoms with Crippen molar-refractivity contribution in [2.75, 3.05) is 39.5 Å². The lowest BCUT2D eigenvalue weighted by molar-refractivity contribution is -0.137. The highest BCUT2D eigenvalue weighted by atomic mass is 16.5. The van der Waals surface area contributed by atoms with Gasteiger partial charge in [0.2, 0.25) is 11.8 Å². The Morgan fingerprint density at radius 2 is 1.78 bits per heavy atom. The fraction of sp³-hybridized carbons (Fsp3) is 0.600. The van der Waals surface area contributed by atoms with Gasteiger partial charge in [0.25, 0.3) is 0 Å². The van der Waals surface area contributed by atoms with Gasteiger partial charge < -0.3 is 24.4 Å². The summed E-state index contributed by atoms with van der Waals surface area (Å²) in [5.74, 6) is 1.22. The molecule has 7 nitrogen and oxygen atoms in total. The molecule has 1 aromatic rings. The van der Waals surface area contributed by atoms with E-state index in [2.05, 4.69) is 5.32 Å². The van der Waals surface area contributed by atoms with Gasteiger partial charge in [0.1, 0.15) is 0 Å². The molecule has 1 aliphatic rings. The number of hydrogen-bond acceptors (Lipinski definition) is 5. The highest BCUT2D eigenvalue weighted by Gasteiger charge is 2.19. The van der Waals surface area contributed by atoms with Crippen LogP contribution in [0.5, 0.6) is 11.5 Å². The van der Waals surface area contributed by atoms with Crippen LogP contribution in [0.3, 0.4) is 0 Å². The predicted molar refractivity (Wildman–Crippen MR) is 102 cm³/mol. The Hall–Kier alpha value is -2.28. The molecule has 0 aromatic heterocycles. The van der Waals surface area contributed by atoms with Crippen LogP contribution in [0.1, 0.15) is 45.2 Å². The van der Waals surface area contributed by atoms with Crippen LogP contribution in [0.2, 0.25) is 0 Å². The highest BCUT2D eigenvalue weighted by Crippen LogP contribution is 2.30. The topological polar surface area (TPSA) is 77.1 Å². The maximum atomic E-state index is 12.2. The van der Waals surface area contributed by atoms with Crippen LogP contribution in [0.15, 0.2) is 18.2 Å². The van der Waals surface area contributed by atoms with Crippen molar-refractivity contribution in [3.05, 3.63) is 23.8 Å². The van der Waals surface area contributed by atoms with E-state index in [4.69, 9.17) is 14.2 Å². The van der Waals surface area contributed by atoms with Gasteiger partial charge in [-0.25, -0.2) is 0 Å². The van der Waals surface area contributed by atoms with E-state index < -0.39 is 0 Å². The van der Waals surface area contributed by atoms with Crippen molar-refractivity contribution in [1.82, 2.24) is 10.2 Å². The third-order valence-corrected chi connectivity index (χ3v) is 4.37.